The fourth-order valence-electron chi connectivity index (χ4n) is 1.66. The number of aliphatic carboxylic acids is 1. The van der Waals surface area contributed by atoms with Crippen LogP contribution in [0.5, 0.6) is 0 Å². The van der Waals surface area contributed by atoms with E-state index in [0.29, 0.717) is 5.69 Å². The molecule has 2 aromatic rings. The first-order valence-electron chi connectivity index (χ1n) is 5.56. The molecule has 0 saturated carbocycles. The van der Waals surface area contributed by atoms with Gasteiger partial charge in [0.25, 0.3) is 0 Å². The van der Waals surface area contributed by atoms with Crippen LogP contribution in [-0.2, 0) is 17.8 Å². The second-order valence-electron chi connectivity index (χ2n) is 3.96. The molecule has 2 rings (SSSR count). The molecule has 0 aliphatic rings. The topological polar surface area (TPSA) is 70.4 Å². The molecule has 1 aromatic heterocycles. The van der Waals surface area contributed by atoms with E-state index in [1.54, 1.807) is 12.3 Å². The predicted molar refractivity (Wildman–Crippen MR) is 66.9 cm³/mol. The molecule has 0 amide bonds. The van der Waals surface area contributed by atoms with E-state index >= 15 is 0 Å². The Kier molecular flexibility index (Phi) is 3.69. The second-order valence-corrected chi connectivity index (χ2v) is 3.96. The molecule has 0 bridgehead atoms. The van der Waals surface area contributed by atoms with Crippen LogP contribution in [0.4, 0.5) is 0 Å². The molecule has 0 aliphatic carbocycles. The van der Waals surface area contributed by atoms with Gasteiger partial charge in [-0.15, -0.1) is 0 Å². The fourth-order valence-corrected chi connectivity index (χ4v) is 1.66. The van der Waals surface area contributed by atoms with E-state index in [-0.39, 0.29) is 13.0 Å². The van der Waals surface area contributed by atoms with Crippen molar-refractivity contribution in [2.75, 3.05) is 0 Å². The molecule has 0 unspecified atom stereocenters. The highest BCUT2D eigenvalue weighted by molar-refractivity contribution is 5.70. The molecular weight excluding hydrogens is 230 g/mol. The zero-order chi connectivity index (χ0) is 13.0. The first-order chi connectivity index (χ1) is 8.69. The molecule has 0 atom stereocenters. The Labute approximate surface area is 105 Å². The Hall–Kier alpha value is -2.20. The van der Waals surface area contributed by atoms with Crippen LogP contribution in [-0.4, -0.2) is 21.2 Å². The quantitative estimate of drug-likeness (QED) is 0.860. The van der Waals surface area contributed by atoms with Crippen molar-refractivity contribution in [3.63, 3.8) is 0 Å². The lowest BCUT2D eigenvalue weighted by atomic mass is 10.1. The van der Waals surface area contributed by atoms with Crippen LogP contribution in [0.25, 0.3) is 11.1 Å². The van der Waals surface area contributed by atoms with Crippen molar-refractivity contribution < 1.29 is 15.0 Å². The van der Waals surface area contributed by atoms with E-state index in [0.717, 1.165) is 16.7 Å². The highest BCUT2D eigenvalue weighted by atomic mass is 16.4. The van der Waals surface area contributed by atoms with Gasteiger partial charge in [-0.25, -0.2) is 0 Å². The maximum absolute atomic E-state index is 10.5. The van der Waals surface area contributed by atoms with Crippen molar-refractivity contribution in [2.45, 2.75) is 13.0 Å². The molecule has 18 heavy (non-hydrogen) atoms. The fraction of sp³-hybridized carbons (Fsp3) is 0.143. The largest absolute Gasteiger partial charge is 0.481 e. The first kappa shape index (κ1) is 12.3. The molecule has 4 nitrogen and oxygen atoms in total. The van der Waals surface area contributed by atoms with Gasteiger partial charge in [0.2, 0.25) is 0 Å². The first-order valence-corrected chi connectivity index (χ1v) is 5.56. The van der Waals surface area contributed by atoms with Gasteiger partial charge in [-0.1, -0.05) is 30.3 Å². The minimum absolute atomic E-state index is 0.0239. The monoisotopic (exact) mass is 243 g/mol. The van der Waals surface area contributed by atoms with Crippen LogP contribution in [0.1, 0.15) is 11.3 Å². The number of hydrogen-bond donors (Lipinski definition) is 2. The van der Waals surface area contributed by atoms with E-state index < -0.39 is 5.97 Å². The minimum Gasteiger partial charge on any atom is -0.481 e. The second kappa shape index (κ2) is 5.42. The third kappa shape index (κ3) is 2.93. The summed E-state index contributed by atoms with van der Waals surface area (Å²) in [7, 11) is 0. The van der Waals surface area contributed by atoms with E-state index in [1.165, 1.54) is 0 Å². The summed E-state index contributed by atoms with van der Waals surface area (Å²) in [6.07, 6.45) is 1.59. The Morgan fingerprint density at radius 3 is 2.22 bits per heavy atom. The molecule has 0 aliphatic heterocycles. The smallest absolute Gasteiger partial charge is 0.309 e. The van der Waals surface area contributed by atoms with Gasteiger partial charge in [0.05, 0.1) is 18.7 Å². The van der Waals surface area contributed by atoms with Crippen molar-refractivity contribution >= 4 is 5.97 Å². The lowest BCUT2D eigenvalue weighted by Gasteiger charge is -2.03. The van der Waals surface area contributed by atoms with Crippen molar-refractivity contribution in [3.05, 3.63) is 53.9 Å². The molecular formula is C14H13NO3. The summed E-state index contributed by atoms with van der Waals surface area (Å²) in [6, 6.07) is 11.1. The van der Waals surface area contributed by atoms with Gasteiger partial charge in [-0.3, -0.25) is 9.78 Å². The van der Waals surface area contributed by atoms with Crippen molar-refractivity contribution in [3.8, 4) is 11.1 Å². The predicted octanol–water partition coefficient (Wildman–Crippen LogP) is 1.87. The zero-order valence-electron chi connectivity index (χ0n) is 9.71. The molecule has 1 heterocycles. The van der Waals surface area contributed by atoms with E-state index in [4.69, 9.17) is 10.2 Å². The number of rotatable bonds is 4. The standard InChI is InChI=1S/C14H13NO3/c16-9-10-1-3-11(4-2-10)12-5-6-13(15-8-12)7-14(17)18/h1-6,8,16H,7,9H2,(H,17,18). The summed E-state index contributed by atoms with van der Waals surface area (Å²) in [5.41, 5.74) is 3.31. The van der Waals surface area contributed by atoms with E-state index in [1.807, 2.05) is 30.3 Å². The zero-order valence-corrected chi connectivity index (χ0v) is 9.71. The number of pyridine rings is 1. The minimum atomic E-state index is -0.887. The Balaban J connectivity index is 2.20. The highest BCUT2D eigenvalue weighted by Gasteiger charge is 2.03. The number of carboxylic acids is 1. The van der Waals surface area contributed by atoms with Gasteiger partial charge in [0.15, 0.2) is 0 Å². The van der Waals surface area contributed by atoms with E-state index in [2.05, 4.69) is 4.98 Å². The number of aliphatic hydroxyl groups is 1. The lowest BCUT2D eigenvalue weighted by molar-refractivity contribution is -0.136. The van der Waals surface area contributed by atoms with Gasteiger partial charge in [-0.2, -0.15) is 0 Å². The maximum Gasteiger partial charge on any atom is 0.309 e. The summed E-state index contributed by atoms with van der Waals surface area (Å²) in [5, 5.41) is 17.6. The Morgan fingerprint density at radius 1 is 1.06 bits per heavy atom. The van der Waals surface area contributed by atoms with Gasteiger partial charge < -0.3 is 10.2 Å². The van der Waals surface area contributed by atoms with Crippen LogP contribution in [0.2, 0.25) is 0 Å². The van der Waals surface area contributed by atoms with E-state index in [9.17, 15) is 4.79 Å². The van der Waals surface area contributed by atoms with Crippen LogP contribution < -0.4 is 0 Å². The Morgan fingerprint density at radius 2 is 1.72 bits per heavy atom. The van der Waals surface area contributed by atoms with Crippen LogP contribution in [0.15, 0.2) is 42.6 Å². The number of aromatic nitrogens is 1. The van der Waals surface area contributed by atoms with Gasteiger partial charge in [0, 0.05) is 11.8 Å². The van der Waals surface area contributed by atoms with Crippen LogP contribution >= 0.6 is 0 Å². The number of hydrogen-bond acceptors (Lipinski definition) is 3. The van der Waals surface area contributed by atoms with Crippen LogP contribution in [0, 0.1) is 0 Å². The molecule has 0 fully saturated rings. The number of aliphatic hydroxyl groups excluding tert-OH is 1. The SMILES string of the molecule is O=C(O)Cc1ccc(-c2ccc(CO)cc2)cn1. The van der Waals surface area contributed by atoms with Gasteiger partial charge in [0.1, 0.15) is 0 Å². The van der Waals surface area contributed by atoms with Crippen molar-refractivity contribution in [1.29, 1.82) is 0 Å². The summed E-state index contributed by atoms with van der Waals surface area (Å²) < 4.78 is 0. The molecule has 2 N–H and O–H groups in total. The molecule has 0 spiro atoms. The number of carboxylic acid groups (broad SMARTS) is 1. The number of carbonyl (C=O) groups is 1. The average molecular weight is 243 g/mol. The van der Waals surface area contributed by atoms with Gasteiger partial charge >= 0.3 is 5.97 Å². The molecule has 1 aromatic carbocycles. The lowest BCUT2D eigenvalue weighted by Crippen LogP contribution is -2.01. The van der Waals surface area contributed by atoms with Crippen molar-refractivity contribution in [1.82, 2.24) is 4.98 Å². The molecule has 4 heteroatoms. The highest BCUT2D eigenvalue weighted by Crippen LogP contribution is 2.19. The number of nitrogens with zero attached hydrogens (tertiary/aromatic N) is 1. The third-order valence-corrected chi connectivity index (χ3v) is 2.63. The molecule has 0 saturated heterocycles. The average Bonchev–Trinajstić information content (AvgIpc) is 2.39. The summed E-state index contributed by atoms with van der Waals surface area (Å²) in [4.78, 5) is 14.6. The Bertz CT molecular complexity index is 532. The third-order valence-electron chi connectivity index (χ3n) is 2.63. The molecule has 92 valence electrons. The summed E-state index contributed by atoms with van der Waals surface area (Å²) >= 11 is 0. The normalized spacial score (nSPS) is 10.3. The molecule has 0 radical (unpaired) electrons. The number of benzene rings is 1. The van der Waals surface area contributed by atoms with Crippen molar-refractivity contribution in [2.24, 2.45) is 0 Å². The van der Waals surface area contributed by atoms with Crippen LogP contribution in [0.3, 0.4) is 0 Å². The maximum atomic E-state index is 10.5. The van der Waals surface area contributed by atoms with Gasteiger partial charge in [-0.05, 0) is 17.2 Å². The summed E-state index contributed by atoms with van der Waals surface area (Å²) in [5.74, 6) is -0.887. The summed E-state index contributed by atoms with van der Waals surface area (Å²) in [6.45, 7) is 0.0239.